The Balaban J connectivity index is 2.34. The SMILES string of the molecule is O=C(O)C1CC=C(c2cccc(C(F)(F)F)c2)CC1C(=O)O. The summed E-state index contributed by atoms with van der Waals surface area (Å²) < 4.78 is 38.1. The Morgan fingerprint density at radius 1 is 1.09 bits per heavy atom. The van der Waals surface area contributed by atoms with E-state index in [4.69, 9.17) is 10.2 Å². The van der Waals surface area contributed by atoms with Crippen molar-refractivity contribution >= 4 is 17.5 Å². The number of hydrogen-bond acceptors (Lipinski definition) is 2. The van der Waals surface area contributed by atoms with Crippen molar-refractivity contribution in [3.05, 3.63) is 41.5 Å². The fraction of sp³-hybridized carbons (Fsp3) is 0.333. The van der Waals surface area contributed by atoms with Crippen LogP contribution in [0.15, 0.2) is 30.3 Å². The first kappa shape index (κ1) is 16.1. The van der Waals surface area contributed by atoms with Crippen LogP contribution in [0.5, 0.6) is 0 Å². The molecule has 0 amide bonds. The van der Waals surface area contributed by atoms with Gasteiger partial charge in [0.05, 0.1) is 17.4 Å². The van der Waals surface area contributed by atoms with E-state index in [1.807, 2.05) is 0 Å². The first-order chi connectivity index (χ1) is 10.2. The highest BCUT2D eigenvalue weighted by molar-refractivity contribution is 5.84. The van der Waals surface area contributed by atoms with Crippen LogP contribution in [0.2, 0.25) is 0 Å². The van der Waals surface area contributed by atoms with Gasteiger partial charge in [0.2, 0.25) is 0 Å². The van der Waals surface area contributed by atoms with Crippen LogP contribution in [0.25, 0.3) is 5.57 Å². The second-order valence-electron chi connectivity index (χ2n) is 5.14. The van der Waals surface area contributed by atoms with Gasteiger partial charge in [0.15, 0.2) is 0 Å². The summed E-state index contributed by atoms with van der Waals surface area (Å²) in [6, 6.07) is 4.59. The molecule has 0 aromatic heterocycles. The standard InChI is InChI=1S/C15H13F3O4/c16-15(17,18)10-3-1-2-8(6-10)9-4-5-11(13(19)20)12(7-9)14(21)22/h1-4,6,11-12H,5,7H2,(H,19,20)(H,21,22). The van der Waals surface area contributed by atoms with Crippen LogP contribution in [0.3, 0.4) is 0 Å². The fourth-order valence-electron chi connectivity index (χ4n) is 2.56. The molecule has 1 aliphatic rings. The van der Waals surface area contributed by atoms with E-state index in [1.165, 1.54) is 18.2 Å². The third kappa shape index (κ3) is 3.29. The number of halogens is 3. The number of benzene rings is 1. The van der Waals surface area contributed by atoms with Gasteiger partial charge in [0, 0.05) is 0 Å². The van der Waals surface area contributed by atoms with E-state index in [1.54, 1.807) is 0 Å². The Labute approximate surface area is 123 Å². The van der Waals surface area contributed by atoms with E-state index >= 15 is 0 Å². The first-order valence-electron chi connectivity index (χ1n) is 6.52. The quantitative estimate of drug-likeness (QED) is 0.898. The van der Waals surface area contributed by atoms with Crippen molar-refractivity contribution in [3.8, 4) is 0 Å². The third-order valence-corrected chi connectivity index (χ3v) is 3.74. The van der Waals surface area contributed by atoms with Crippen molar-refractivity contribution in [2.45, 2.75) is 19.0 Å². The molecular weight excluding hydrogens is 301 g/mol. The molecule has 0 fully saturated rings. The number of carbonyl (C=O) groups is 2. The van der Waals surface area contributed by atoms with Crippen LogP contribution in [0.4, 0.5) is 13.2 Å². The number of aliphatic carboxylic acids is 2. The van der Waals surface area contributed by atoms with Crippen molar-refractivity contribution in [1.29, 1.82) is 0 Å². The molecule has 4 nitrogen and oxygen atoms in total. The lowest BCUT2D eigenvalue weighted by Crippen LogP contribution is -2.32. The lowest BCUT2D eigenvalue weighted by Gasteiger charge is -2.26. The molecule has 7 heteroatoms. The zero-order valence-electron chi connectivity index (χ0n) is 11.3. The number of carboxylic acids is 2. The predicted octanol–water partition coefficient (Wildman–Crippen LogP) is 3.28. The Kier molecular flexibility index (Phi) is 4.25. The average molecular weight is 314 g/mol. The summed E-state index contributed by atoms with van der Waals surface area (Å²) in [7, 11) is 0. The number of allylic oxidation sites excluding steroid dienone is 2. The summed E-state index contributed by atoms with van der Waals surface area (Å²) in [5, 5.41) is 18.2. The van der Waals surface area contributed by atoms with Crippen LogP contribution in [-0.4, -0.2) is 22.2 Å². The second kappa shape index (κ2) is 5.82. The lowest BCUT2D eigenvalue weighted by atomic mass is 9.77. The molecule has 2 rings (SSSR count). The number of carboxylic acid groups (broad SMARTS) is 2. The molecule has 2 N–H and O–H groups in total. The van der Waals surface area contributed by atoms with E-state index in [-0.39, 0.29) is 18.4 Å². The largest absolute Gasteiger partial charge is 0.481 e. The van der Waals surface area contributed by atoms with Gasteiger partial charge in [0.25, 0.3) is 0 Å². The summed E-state index contributed by atoms with van der Waals surface area (Å²) in [5.74, 6) is -4.68. The number of alkyl halides is 3. The highest BCUT2D eigenvalue weighted by atomic mass is 19.4. The lowest BCUT2D eigenvalue weighted by molar-refractivity contribution is -0.153. The molecule has 118 valence electrons. The molecule has 0 saturated carbocycles. The van der Waals surface area contributed by atoms with Crippen LogP contribution >= 0.6 is 0 Å². The van der Waals surface area contributed by atoms with Gasteiger partial charge < -0.3 is 10.2 Å². The molecule has 1 aromatic carbocycles. The van der Waals surface area contributed by atoms with Crippen LogP contribution < -0.4 is 0 Å². The van der Waals surface area contributed by atoms with Gasteiger partial charge in [-0.2, -0.15) is 13.2 Å². The highest BCUT2D eigenvalue weighted by Crippen LogP contribution is 2.37. The third-order valence-electron chi connectivity index (χ3n) is 3.74. The molecule has 0 saturated heterocycles. The molecule has 0 radical (unpaired) electrons. The maximum atomic E-state index is 12.7. The van der Waals surface area contributed by atoms with Gasteiger partial charge >= 0.3 is 18.1 Å². The fourth-order valence-corrected chi connectivity index (χ4v) is 2.56. The van der Waals surface area contributed by atoms with Crippen molar-refractivity contribution in [2.75, 3.05) is 0 Å². The van der Waals surface area contributed by atoms with Gasteiger partial charge in [-0.05, 0) is 36.1 Å². The Hall–Kier alpha value is -2.31. The van der Waals surface area contributed by atoms with Crippen molar-refractivity contribution < 1.29 is 33.0 Å². The Morgan fingerprint density at radius 2 is 1.73 bits per heavy atom. The van der Waals surface area contributed by atoms with Crippen LogP contribution in [0, 0.1) is 11.8 Å². The van der Waals surface area contributed by atoms with Gasteiger partial charge in [-0.25, -0.2) is 0 Å². The van der Waals surface area contributed by atoms with E-state index in [0.29, 0.717) is 5.57 Å². The van der Waals surface area contributed by atoms with Crippen molar-refractivity contribution in [2.24, 2.45) is 11.8 Å². The summed E-state index contributed by atoms with van der Waals surface area (Å²) in [6.45, 7) is 0. The van der Waals surface area contributed by atoms with Gasteiger partial charge in [-0.15, -0.1) is 0 Å². The van der Waals surface area contributed by atoms with Crippen LogP contribution in [0.1, 0.15) is 24.0 Å². The minimum absolute atomic E-state index is 0.0160. The molecule has 0 spiro atoms. The maximum absolute atomic E-state index is 12.7. The Morgan fingerprint density at radius 3 is 2.27 bits per heavy atom. The van der Waals surface area contributed by atoms with Gasteiger partial charge in [-0.3, -0.25) is 9.59 Å². The predicted molar refractivity (Wildman–Crippen MR) is 70.9 cm³/mol. The smallest absolute Gasteiger partial charge is 0.416 e. The minimum atomic E-state index is -4.49. The molecule has 1 aliphatic carbocycles. The van der Waals surface area contributed by atoms with E-state index in [2.05, 4.69) is 0 Å². The zero-order chi connectivity index (χ0) is 16.5. The summed E-state index contributed by atoms with van der Waals surface area (Å²) in [4.78, 5) is 22.3. The van der Waals surface area contributed by atoms with E-state index < -0.39 is 35.5 Å². The van der Waals surface area contributed by atoms with E-state index in [9.17, 15) is 22.8 Å². The maximum Gasteiger partial charge on any atom is 0.416 e. The second-order valence-corrected chi connectivity index (χ2v) is 5.14. The zero-order valence-corrected chi connectivity index (χ0v) is 11.3. The molecule has 2 unspecified atom stereocenters. The summed E-state index contributed by atoms with van der Waals surface area (Å²) in [5.41, 5.74) is -0.126. The number of rotatable bonds is 3. The van der Waals surface area contributed by atoms with Crippen molar-refractivity contribution in [1.82, 2.24) is 0 Å². The summed E-state index contributed by atoms with van der Waals surface area (Å²) in [6.07, 6.45) is -3.10. The van der Waals surface area contributed by atoms with Crippen molar-refractivity contribution in [3.63, 3.8) is 0 Å². The first-order valence-corrected chi connectivity index (χ1v) is 6.52. The molecule has 0 heterocycles. The van der Waals surface area contributed by atoms with Crippen LogP contribution in [-0.2, 0) is 15.8 Å². The number of hydrogen-bond donors (Lipinski definition) is 2. The molecular formula is C15H13F3O4. The minimum Gasteiger partial charge on any atom is -0.481 e. The van der Waals surface area contributed by atoms with Gasteiger partial charge in [-0.1, -0.05) is 18.2 Å². The molecule has 1 aromatic rings. The molecule has 0 bridgehead atoms. The topological polar surface area (TPSA) is 74.6 Å². The van der Waals surface area contributed by atoms with E-state index in [0.717, 1.165) is 12.1 Å². The summed E-state index contributed by atoms with van der Waals surface area (Å²) >= 11 is 0. The average Bonchev–Trinajstić information content (AvgIpc) is 2.45. The molecule has 22 heavy (non-hydrogen) atoms. The highest BCUT2D eigenvalue weighted by Gasteiger charge is 2.37. The van der Waals surface area contributed by atoms with Gasteiger partial charge in [0.1, 0.15) is 0 Å². The normalized spacial score (nSPS) is 22.0. The monoisotopic (exact) mass is 314 g/mol. The molecule has 0 aliphatic heterocycles. The Bertz CT molecular complexity index is 634. The molecule has 2 atom stereocenters.